The van der Waals surface area contributed by atoms with Gasteiger partial charge < -0.3 is 5.32 Å². The standard InChI is InChI=1S/C15H29N3/c1-3-16-14-5-4-6-15(14)18-10-9-12-7-8-13(11-18)17(12)2/h12-16H,3-11H2,1-2H3. The predicted molar refractivity (Wildman–Crippen MR) is 75.9 cm³/mol. The second-order valence-electron chi connectivity index (χ2n) is 6.50. The molecular formula is C15H29N3. The van der Waals surface area contributed by atoms with Gasteiger partial charge in [0.15, 0.2) is 0 Å². The highest BCUT2D eigenvalue weighted by molar-refractivity contribution is 4.97. The zero-order chi connectivity index (χ0) is 12.5. The van der Waals surface area contributed by atoms with Gasteiger partial charge in [0.1, 0.15) is 0 Å². The van der Waals surface area contributed by atoms with Gasteiger partial charge in [0.05, 0.1) is 0 Å². The second kappa shape index (κ2) is 5.48. The molecule has 4 atom stereocenters. The molecule has 3 aliphatic rings. The molecule has 1 aliphatic carbocycles. The monoisotopic (exact) mass is 251 g/mol. The SMILES string of the molecule is CCNC1CCCC1N1CCC2CCC(C1)N2C. The van der Waals surface area contributed by atoms with Crippen LogP contribution in [0.2, 0.25) is 0 Å². The first-order chi connectivity index (χ1) is 8.79. The van der Waals surface area contributed by atoms with Crippen LogP contribution < -0.4 is 5.32 Å². The topological polar surface area (TPSA) is 18.5 Å². The van der Waals surface area contributed by atoms with E-state index >= 15 is 0 Å². The lowest BCUT2D eigenvalue weighted by molar-refractivity contribution is 0.153. The lowest BCUT2D eigenvalue weighted by Gasteiger charge is -2.34. The van der Waals surface area contributed by atoms with E-state index < -0.39 is 0 Å². The van der Waals surface area contributed by atoms with E-state index in [0.717, 1.165) is 30.7 Å². The normalized spacial score (nSPS) is 42.3. The molecule has 1 saturated carbocycles. The fourth-order valence-corrected chi connectivity index (χ4v) is 4.51. The summed E-state index contributed by atoms with van der Waals surface area (Å²) in [5.41, 5.74) is 0. The van der Waals surface area contributed by atoms with Crippen LogP contribution >= 0.6 is 0 Å². The molecular weight excluding hydrogens is 222 g/mol. The van der Waals surface area contributed by atoms with Crippen LogP contribution in [-0.2, 0) is 0 Å². The van der Waals surface area contributed by atoms with Crippen molar-refractivity contribution >= 4 is 0 Å². The summed E-state index contributed by atoms with van der Waals surface area (Å²) in [6.07, 6.45) is 8.48. The van der Waals surface area contributed by atoms with Crippen LogP contribution in [0.4, 0.5) is 0 Å². The van der Waals surface area contributed by atoms with E-state index in [9.17, 15) is 0 Å². The first-order valence-corrected chi connectivity index (χ1v) is 7.99. The number of hydrogen-bond acceptors (Lipinski definition) is 3. The lowest BCUT2D eigenvalue weighted by Crippen LogP contribution is -2.49. The van der Waals surface area contributed by atoms with Crippen LogP contribution in [0.3, 0.4) is 0 Å². The summed E-state index contributed by atoms with van der Waals surface area (Å²) in [4.78, 5) is 5.48. The van der Waals surface area contributed by atoms with Crippen molar-refractivity contribution < 1.29 is 0 Å². The van der Waals surface area contributed by atoms with E-state index in [1.54, 1.807) is 0 Å². The Bertz CT molecular complexity index is 281. The van der Waals surface area contributed by atoms with Gasteiger partial charge in [-0.25, -0.2) is 0 Å². The number of likely N-dealkylation sites (N-methyl/N-ethyl adjacent to an activating group) is 2. The Morgan fingerprint density at radius 1 is 1.06 bits per heavy atom. The summed E-state index contributed by atoms with van der Waals surface area (Å²) >= 11 is 0. The van der Waals surface area contributed by atoms with Gasteiger partial charge in [0.2, 0.25) is 0 Å². The van der Waals surface area contributed by atoms with Crippen molar-refractivity contribution in [1.29, 1.82) is 0 Å². The molecule has 0 amide bonds. The maximum absolute atomic E-state index is 3.71. The predicted octanol–water partition coefficient (Wildman–Crippen LogP) is 1.69. The van der Waals surface area contributed by atoms with Crippen molar-refractivity contribution in [3.63, 3.8) is 0 Å². The van der Waals surface area contributed by atoms with E-state index in [4.69, 9.17) is 0 Å². The van der Waals surface area contributed by atoms with Gasteiger partial charge in [-0.15, -0.1) is 0 Å². The molecule has 2 heterocycles. The number of nitrogens with zero attached hydrogens (tertiary/aromatic N) is 2. The maximum Gasteiger partial charge on any atom is 0.0250 e. The number of nitrogens with one attached hydrogen (secondary N) is 1. The molecule has 1 N–H and O–H groups in total. The second-order valence-corrected chi connectivity index (χ2v) is 6.50. The van der Waals surface area contributed by atoms with Crippen LogP contribution in [0.25, 0.3) is 0 Å². The molecule has 4 unspecified atom stereocenters. The van der Waals surface area contributed by atoms with Gasteiger partial charge in [0, 0.05) is 37.3 Å². The Balaban J connectivity index is 1.65. The van der Waals surface area contributed by atoms with Gasteiger partial charge in [-0.3, -0.25) is 9.80 Å². The molecule has 3 heteroatoms. The Morgan fingerprint density at radius 2 is 1.89 bits per heavy atom. The highest BCUT2D eigenvalue weighted by atomic mass is 15.3. The summed E-state index contributed by atoms with van der Waals surface area (Å²) in [6.45, 7) is 6.02. The fourth-order valence-electron chi connectivity index (χ4n) is 4.51. The van der Waals surface area contributed by atoms with Crippen LogP contribution in [0.5, 0.6) is 0 Å². The minimum absolute atomic E-state index is 0.761. The quantitative estimate of drug-likeness (QED) is 0.823. The van der Waals surface area contributed by atoms with Crippen molar-refractivity contribution in [3.05, 3.63) is 0 Å². The summed E-state index contributed by atoms with van der Waals surface area (Å²) in [5, 5.41) is 3.71. The molecule has 0 aromatic rings. The lowest BCUT2D eigenvalue weighted by atomic mass is 10.0. The smallest absolute Gasteiger partial charge is 0.0250 e. The maximum atomic E-state index is 3.71. The van der Waals surface area contributed by atoms with Gasteiger partial charge in [-0.1, -0.05) is 13.3 Å². The Morgan fingerprint density at radius 3 is 2.72 bits per heavy atom. The molecule has 3 fully saturated rings. The van der Waals surface area contributed by atoms with Crippen molar-refractivity contribution in [1.82, 2.24) is 15.1 Å². The Hall–Kier alpha value is -0.120. The van der Waals surface area contributed by atoms with Crippen molar-refractivity contribution in [2.45, 2.75) is 69.6 Å². The molecule has 0 aromatic heterocycles. The summed E-state index contributed by atoms with van der Waals surface area (Å²) in [7, 11) is 2.35. The van der Waals surface area contributed by atoms with Crippen molar-refractivity contribution in [2.75, 3.05) is 26.7 Å². The molecule has 104 valence electrons. The van der Waals surface area contributed by atoms with E-state index in [1.807, 2.05) is 0 Å². The number of likely N-dealkylation sites (tertiary alicyclic amines) is 1. The summed E-state index contributed by atoms with van der Waals surface area (Å²) < 4.78 is 0. The highest BCUT2D eigenvalue weighted by Gasteiger charge is 2.39. The van der Waals surface area contributed by atoms with E-state index in [0.29, 0.717) is 0 Å². The van der Waals surface area contributed by atoms with Crippen LogP contribution in [0.15, 0.2) is 0 Å². The Labute approximate surface area is 112 Å². The molecule has 3 nitrogen and oxygen atoms in total. The largest absolute Gasteiger partial charge is 0.313 e. The molecule has 3 rings (SSSR count). The molecule has 18 heavy (non-hydrogen) atoms. The first-order valence-electron chi connectivity index (χ1n) is 7.99. The molecule has 0 radical (unpaired) electrons. The molecule has 0 spiro atoms. The average molecular weight is 251 g/mol. The summed E-state index contributed by atoms with van der Waals surface area (Å²) in [6, 6.07) is 3.29. The number of fused-ring (bicyclic) bond motifs is 2. The zero-order valence-corrected chi connectivity index (χ0v) is 12.1. The third-order valence-electron chi connectivity index (χ3n) is 5.59. The molecule has 2 bridgehead atoms. The Kier molecular flexibility index (Phi) is 3.92. The van der Waals surface area contributed by atoms with Gasteiger partial charge in [-0.05, 0) is 45.7 Å². The molecule has 2 aliphatic heterocycles. The van der Waals surface area contributed by atoms with Crippen molar-refractivity contribution in [2.24, 2.45) is 0 Å². The fraction of sp³-hybridized carbons (Fsp3) is 1.00. The molecule has 2 saturated heterocycles. The minimum Gasteiger partial charge on any atom is -0.313 e. The zero-order valence-electron chi connectivity index (χ0n) is 12.1. The van der Waals surface area contributed by atoms with E-state index in [-0.39, 0.29) is 0 Å². The van der Waals surface area contributed by atoms with E-state index in [1.165, 1.54) is 51.6 Å². The average Bonchev–Trinajstić information content (AvgIpc) is 2.87. The van der Waals surface area contributed by atoms with Crippen molar-refractivity contribution in [3.8, 4) is 0 Å². The third kappa shape index (κ3) is 2.33. The minimum atomic E-state index is 0.761. The van der Waals surface area contributed by atoms with Gasteiger partial charge in [-0.2, -0.15) is 0 Å². The van der Waals surface area contributed by atoms with Crippen LogP contribution in [0, 0.1) is 0 Å². The first kappa shape index (κ1) is 12.9. The molecule has 0 aromatic carbocycles. The van der Waals surface area contributed by atoms with Gasteiger partial charge >= 0.3 is 0 Å². The van der Waals surface area contributed by atoms with Crippen LogP contribution in [0.1, 0.15) is 45.4 Å². The highest BCUT2D eigenvalue weighted by Crippen LogP contribution is 2.32. The third-order valence-corrected chi connectivity index (χ3v) is 5.59. The van der Waals surface area contributed by atoms with Crippen LogP contribution in [-0.4, -0.2) is 60.6 Å². The summed E-state index contributed by atoms with van der Waals surface area (Å²) in [5.74, 6) is 0. The number of rotatable bonds is 3. The number of hydrogen-bond donors (Lipinski definition) is 1. The van der Waals surface area contributed by atoms with Gasteiger partial charge in [0.25, 0.3) is 0 Å². The van der Waals surface area contributed by atoms with E-state index in [2.05, 4.69) is 29.1 Å².